The summed E-state index contributed by atoms with van der Waals surface area (Å²) in [5.41, 5.74) is 1.05. The highest BCUT2D eigenvalue weighted by Gasteiger charge is 2.30. The molecule has 2 aromatic carbocycles. The second-order valence-electron chi connectivity index (χ2n) is 6.70. The average Bonchev–Trinajstić information content (AvgIpc) is 3.41. The summed E-state index contributed by atoms with van der Waals surface area (Å²) in [6, 6.07) is 15.4. The number of nitrogens with one attached hydrogen (secondary N) is 2. The maximum Gasteiger partial charge on any atom is 0.256 e. The zero-order chi connectivity index (χ0) is 20.4. The first-order valence-corrected chi connectivity index (χ1v) is 10.6. The van der Waals surface area contributed by atoms with Gasteiger partial charge in [-0.3, -0.25) is 4.79 Å². The Kier molecular flexibility index (Phi) is 5.08. The van der Waals surface area contributed by atoms with Gasteiger partial charge >= 0.3 is 0 Å². The molecular weight excluding hydrogens is 392 g/mol. The van der Waals surface area contributed by atoms with Crippen molar-refractivity contribution >= 4 is 21.7 Å². The lowest BCUT2D eigenvalue weighted by Crippen LogP contribution is -2.26. The lowest BCUT2D eigenvalue weighted by atomic mass is 10.2. The number of amides is 1. The van der Waals surface area contributed by atoms with E-state index in [1.54, 1.807) is 16.9 Å². The number of para-hydroxylation sites is 1. The van der Waals surface area contributed by atoms with Gasteiger partial charge in [-0.15, -0.1) is 0 Å². The number of methoxy groups -OCH3 is 1. The van der Waals surface area contributed by atoms with Gasteiger partial charge in [0, 0.05) is 23.9 Å². The molecule has 0 atom stereocenters. The van der Waals surface area contributed by atoms with Crippen LogP contribution in [0.5, 0.6) is 5.75 Å². The van der Waals surface area contributed by atoms with Crippen LogP contribution in [-0.4, -0.2) is 37.3 Å². The lowest BCUT2D eigenvalue weighted by Gasteiger charge is -2.12. The van der Waals surface area contributed by atoms with E-state index < -0.39 is 15.9 Å². The number of hydrogen-bond donors (Lipinski definition) is 2. The summed E-state index contributed by atoms with van der Waals surface area (Å²) >= 11 is 0. The first-order valence-electron chi connectivity index (χ1n) is 9.09. The predicted molar refractivity (Wildman–Crippen MR) is 108 cm³/mol. The van der Waals surface area contributed by atoms with Crippen molar-refractivity contribution in [2.24, 2.45) is 0 Å². The van der Waals surface area contributed by atoms with Gasteiger partial charge < -0.3 is 10.1 Å². The molecule has 150 valence electrons. The fourth-order valence-electron chi connectivity index (χ4n) is 2.82. The van der Waals surface area contributed by atoms with Crippen molar-refractivity contribution in [3.63, 3.8) is 0 Å². The summed E-state index contributed by atoms with van der Waals surface area (Å²) in [7, 11) is -2.38. The van der Waals surface area contributed by atoms with E-state index in [2.05, 4.69) is 15.1 Å². The minimum absolute atomic E-state index is 0.0517. The molecule has 4 rings (SSSR count). The first-order chi connectivity index (χ1) is 14.0. The first kappa shape index (κ1) is 19.2. The van der Waals surface area contributed by atoms with Crippen LogP contribution in [-0.2, 0) is 10.0 Å². The maximum atomic E-state index is 12.7. The third kappa shape index (κ3) is 4.30. The normalized spacial score (nSPS) is 13.8. The average molecular weight is 412 g/mol. The number of carbonyl (C=O) groups is 1. The Bertz CT molecular complexity index is 1140. The summed E-state index contributed by atoms with van der Waals surface area (Å²) in [6.07, 6.45) is 3.35. The standard InChI is InChI=1S/C20H20N4O4S/c1-28-17-10-7-14(13-18(17)29(26,27)23-15-8-9-15)20(25)21-19-11-12-24(22-19)16-5-3-2-4-6-16/h2-7,10-13,15,23H,8-9H2,1H3,(H,21,22,25). The highest BCUT2D eigenvalue weighted by molar-refractivity contribution is 7.89. The maximum absolute atomic E-state index is 12.7. The molecule has 1 aliphatic rings. The monoisotopic (exact) mass is 412 g/mol. The Labute approximate surface area is 168 Å². The van der Waals surface area contributed by atoms with Gasteiger partial charge in [-0.05, 0) is 43.2 Å². The number of anilines is 1. The van der Waals surface area contributed by atoms with Gasteiger partial charge in [-0.1, -0.05) is 18.2 Å². The van der Waals surface area contributed by atoms with Crippen molar-refractivity contribution in [3.8, 4) is 11.4 Å². The number of carbonyl (C=O) groups excluding carboxylic acids is 1. The second-order valence-corrected chi connectivity index (χ2v) is 8.38. The largest absolute Gasteiger partial charge is 0.495 e. The van der Waals surface area contributed by atoms with Crippen molar-refractivity contribution in [1.82, 2.24) is 14.5 Å². The van der Waals surface area contributed by atoms with Gasteiger partial charge in [0.15, 0.2) is 5.82 Å². The van der Waals surface area contributed by atoms with Crippen LogP contribution in [0.25, 0.3) is 5.69 Å². The molecule has 1 heterocycles. The van der Waals surface area contributed by atoms with Crippen LogP contribution in [0.15, 0.2) is 65.7 Å². The van der Waals surface area contributed by atoms with E-state index >= 15 is 0 Å². The van der Waals surface area contributed by atoms with Gasteiger partial charge in [-0.2, -0.15) is 5.10 Å². The number of sulfonamides is 1. The van der Waals surface area contributed by atoms with E-state index in [0.717, 1.165) is 18.5 Å². The molecule has 0 bridgehead atoms. The number of aromatic nitrogens is 2. The third-order valence-electron chi connectivity index (χ3n) is 4.47. The molecule has 1 fully saturated rings. The molecule has 8 nitrogen and oxygen atoms in total. The number of hydrogen-bond acceptors (Lipinski definition) is 5. The third-order valence-corrected chi connectivity index (χ3v) is 6.01. The van der Waals surface area contributed by atoms with Crippen molar-refractivity contribution in [2.45, 2.75) is 23.8 Å². The molecule has 3 aromatic rings. The molecule has 2 N–H and O–H groups in total. The Morgan fingerprint density at radius 2 is 1.90 bits per heavy atom. The fourth-order valence-corrected chi connectivity index (χ4v) is 4.32. The van der Waals surface area contributed by atoms with Crippen LogP contribution in [0.4, 0.5) is 5.82 Å². The molecule has 0 unspecified atom stereocenters. The summed E-state index contributed by atoms with van der Waals surface area (Å²) in [5, 5.41) is 7.02. The number of nitrogens with zero attached hydrogens (tertiary/aromatic N) is 2. The molecule has 1 aromatic heterocycles. The summed E-state index contributed by atoms with van der Waals surface area (Å²) in [4.78, 5) is 12.6. The quantitative estimate of drug-likeness (QED) is 0.621. The van der Waals surface area contributed by atoms with Crippen molar-refractivity contribution in [2.75, 3.05) is 12.4 Å². The van der Waals surface area contributed by atoms with E-state index in [4.69, 9.17) is 4.74 Å². The molecule has 1 amide bonds. The molecule has 1 aliphatic carbocycles. The summed E-state index contributed by atoms with van der Waals surface area (Å²) in [5.74, 6) is 0.0760. The lowest BCUT2D eigenvalue weighted by molar-refractivity contribution is 0.102. The highest BCUT2D eigenvalue weighted by atomic mass is 32.2. The van der Waals surface area contributed by atoms with E-state index in [-0.39, 0.29) is 22.3 Å². The van der Waals surface area contributed by atoms with Crippen molar-refractivity contribution in [1.29, 1.82) is 0 Å². The van der Waals surface area contributed by atoms with Crippen LogP contribution < -0.4 is 14.8 Å². The van der Waals surface area contributed by atoms with Crippen molar-refractivity contribution in [3.05, 3.63) is 66.4 Å². The summed E-state index contributed by atoms with van der Waals surface area (Å²) in [6.45, 7) is 0. The second kappa shape index (κ2) is 7.69. The predicted octanol–water partition coefficient (Wildman–Crippen LogP) is 2.57. The number of rotatable bonds is 7. The van der Waals surface area contributed by atoms with Crippen molar-refractivity contribution < 1.29 is 17.9 Å². The van der Waals surface area contributed by atoms with Gasteiger partial charge in [0.25, 0.3) is 5.91 Å². The van der Waals surface area contributed by atoms with Crippen LogP contribution in [0.3, 0.4) is 0 Å². The zero-order valence-electron chi connectivity index (χ0n) is 15.7. The van der Waals surface area contributed by atoms with Gasteiger partial charge in [0.05, 0.1) is 12.8 Å². The van der Waals surface area contributed by atoms with Gasteiger partial charge in [0.2, 0.25) is 10.0 Å². The molecule has 0 saturated heterocycles. The minimum Gasteiger partial charge on any atom is -0.495 e. The van der Waals surface area contributed by atoms with E-state index in [0.29, 0.717) is 5.82 Å². The topological polar surface area (TPSA) is 102 Å². The Morgan fingerprint density at radius 3 is 2.59 bits per heavy atom. The van der Waals surface area contributed by atoms with Crippen LogP contribution >= 0.6 is 0 Å². The van der Waals surface area contributed by atoms with Gasteiger partial charge in [0.1, 0.15) is 10.6 Å². The molecule has 9 heteroatoms. The van der Waals surface area contributed by atoms with E-state index in [9.17, 15) is 13.2 Å². The van der Waals surface area contributed by atoms with Crippen LogP contribution in [0.1, 0.15) is 23.2 Å². The molecule has 0 aliphatic heterocycles. The minimum atomic E-state index is -3.78. The molecule has 0 radical (unpaired) electrons. The molecule has 1 saturated carbocycles. The molecule has 0 spiro atoms. The van der Waals surface area contributed by atoms with E-state index in [1.165, 1.54) is 25.3 Å². The van der Waals surface area contributed by atoms with Gasteiger partial charge in [-0.25, -0.2) is 17.8 Å². The van der Waals surface area contributed by atoms with E-state index in [1.807, 2.05) is 30.3 Å². The SMILES string of the molecule is COc1ccc(C(=O)Nc2ccn(-c3ccccc3)n2)cc1S(=O)(=O)NC1CC1. The molecular formula is C20H20N4O4S. The smallest absolute Gasteiger partial charge is 0.256 e. The fraction of sp³-hybridized carbons (Fsp3) is 0.200. The Morgan fingerprint density at radius 1 is 1.14 bits per heavy atom. The van der Waals surface area contributed by atoms with Crippen LogP contribution in [0, 0.1) is 0 Å². The highest BCUT2D eigenvalue weighted by Crippen LogP contribution is 2.28. The van der Waals surface area contributed by atoms with Crippen LogP contribution in [0.2, 0.25) is 0 Å². The molecule has 29 heavy (non-hydrogen) atoms. The zero-order valence-corrected chi connectivity index (χ0v) is 16.5. The Balaban J connectivity index is 1.56. The Hall–Kier alpha value is -3.17. The summed E-state index contributed by atoms with van der Waals surface area (Å²) < 4.78 is 34.6. The number of benzene rings is 2. The number of ether oxygens (including phenoxy) is 1.